The average molecular weight is 468 g/mol. The van der Waals surface area contributed by atoms with Crippen LogP contribution in [0.5, 0.6) is 0 Å². The van der Waals surface area contributed by atoms with Gasteiger partial charge in [-0.2, -0.15) is 0 Å². The molecule has 0 aliphatic rings. The molecule has 0 spiro atoms. The van der Waals surface area contributed by atoms with E-state index in [1.165, 1.54) is 11.9 Å². The molecule has 2 aromatic heterocycles. The van der Waals surface area contributed by atoms with Gasteiger partial charge in [0.15, 0.2) is 5.82 Å². The molecule has 35 heavy (non-hydrogen) atoms. The molecule has 0 unspecified atom stereocenters. The highest BCUT2D eigenvalue weighted by atomic mass is 14.9. The second-order valence-corrected chi connectivity index (χ2v) is 7.88. The standard InChI is InChI=1S/C21H23N5.C7H8.C2H6/c1-3-21(22,4-2)18-14-23-15-26-20(18)17-12-24-19(25-13-17)11-10-16-8-6-5-7-9-16;1-7-5-3-2-4-6-7;1-2/h5-15H,3-4,22H2,1-2H3;2-6H,1H3;1-2H3/b11-10-;;. The molecule has 0 atom stereocenters. The van der Waals surface area contributed by atoms with E-state index in [1.807, 2.05) is 74.5 Å². The van der Waals surface area contributed by atoms with Gasteiger partial charge in [-0.25, -0.2) is 19.9 Å². The topological polar surface area (TPSA) is 77.6 Å². The van der Waals surface area contributed by atoms with E-state index in [1.54, 1.807) is 18.6 Å². The number of rotatable bonds is 6. The van der Waals surface area contributed by atoms with Gasteiger partial charge in [0.05, 0.1) is 5.69 Å². The zero-order valence-corrected chi connectivity index (χ0v) is 21.5. The lowest BCUT2D eigenvalue weighted by Gasteiger charge is -2.28. The Morgan fingerprint density at radius 1 is 0.771 bits per heavy atom. The highest BCUT2D eigenvalue weighted by Crippen LogP contribution is 2.32. The second-order valence-electron chi connectivity index (χ2n) is 7.88. The molecule has 2 N–H and O–H groups in total. The minimum absolute atomic E-state index is 0.456. The molecule has 182 valence electrons. The molecule has 0 radical (unpaired) electrons. The molecular formula is C30H37N5. The second kappa shape index (κ2) is 14.5. The van der Waals surface area contributed by atoms with Crippen LogP contribution in [0.3, 0.4) is 0 Å². The van der Waals surface area contributed by atoms with Gasteiger partial charge >= 0.3 is 0 Å². The quantitative estimate of drug-likeness (QED) is 0.327. The molecule has 5 nitrogen and oxygen atoms in total. The van der Waals surface area contributed by atoms with Crippen molar-refractivity contribution >= 4 is 12.2 Å². The Bertz CT molecular complexity index is 1140. The summed E-state index contributed by atoms with van der Waals surface area (Å²) in [6.07, 6.45) is 12.4. The van der Waals surface area contributed by atoms with E-state index in [0.717, 1.165) is 35.2 Å². The van der Waals surface area contributed by atoms with Gasteiger partial charge in [0, 0.05) is 35.3 Å². The van der Waals surface area contributed by atoms with E-state index in [4.69, 9.17) is 5.73 Å². The van der Waals surface area contributed by atoms with Crippen LogP contribution < -0.4 is 5.73 Å². The maximum atomic E-state index is 6.57. The molecule has 0 saturated heterocycles. The smallest absolute Gasteiger partial charge is 0.151 e. The SMILES string of the molecule is CC.CCC(N)(CC)c1cncnc1-c1cnc(/C=C\c2ccccc2)nc1.Cc1ccccc1. The fourth-order valence-corrected chi connectivity index (χ4v) is 3.37. The lowest BCUT2D eigenvalue weighted by atomic mass is 9.84. The molecule has 0 fully saturated rings. The van der Waals surface area contributed by atoms with Crippen molar-refractivity contribution in [1.29, 1.82) is 0 Å². The summed E-state index contributed by atoms with van der Waals surface area (Å²) in [5.74, 6) is 0.651. The van der Waals surface area contributed by atoms with Gasteiger partial charge in [-0.1, -0.05) is 100.0 Å². The predicted molar refractivity (Wildman–Crippen MR) is 147 cm³/mol. The molecule has 0 aliphatic heterocycles. The first-order chi connectivity index (χ1) is 17.1. The van der Waals surface area contributed by atoms with Gasteiger partial charge in [0.2, 0.25) is 0 Å². The predicted octanol–water partition coefficient (Wildman–Crippen LogP) is 7.10. The number of benzene rings is 2. The van der Waals surface area contributed by atoms with E-state index >= 15 is 0 Å². The van der Waals surface area contributed by atoms with Crippen molar-refractivity contribution in [3.63, 3.8) is 0 Å². The summed E-state index contributed by atoms with van der Waals surface area (Å²) in [4.78, 5) is 17.5. The van der Waals surface area contributed by atoms with Crippen molar-refractivity contribution in [2.45, 2.75) is 53.0 Å². The zero-order valence-electron chi connectivity index (χ0n) is 21.5. The minimum atomic E-state index is -0.456. The van der Waals surface area contributed by atoms with Crippen LogP contribution >= 0.6 is 0 Å². The van der Waals surface area contributed by atoms with Crippen molar-refractivity contribution < 1.29 is 0 Å². The minimum Gasteiger partial charge on any atom is -0.321 e. The Morgan fingerprint density at radius 3 is 1.86 bits per heavy atom. The van der Waals surface area contributed by atoms with Crippen LogP contribution in [0.15, 0.2) is 85.6 Å². The molecule has 4 rings (SSSR count). The van der Waals surface area contributed by atoms with Crippen LogP contribution in [-0.4, -0.2) is 19.9 Å². The third kappa shape index (κ3) is 8.23. The van der Waals surface area contributed by atoms with Gasteiger partial charge in [0.25, 0.3) is 0 Å². The number of nitrogens with two attached hydrogens (primary N) is 1. The largest absolute Gasteiger partial charge is 0.321 e. The van der Waals surface area contributed by atoms with Crippen molar-refractivity contribution in [3.05, 3.63) is 108 Å². The van der Waals surface area contributed by atoms with Gasteiger partial charge in [-0.05, 0) is 31.4 Å². The van der Waals surface area contributed by atoms with E-state index in [0.29, 0.717) is 5.82 Å². The summed E-state index contributed by atoms with van der Waals surface area (Å²) in [6, 6.07) is 20.3. The van der Waals surface area contributed by atoms with Crippen molar-refractivity contribution in [2.24, 2.45) is 5.73 Å². The first-order valence-electron chi connectivity index (χ1n) is 12.2. The lowest BCUT2D eigenvalue weighted by molar-refractivity contribution is 0.411. The van der Waals surface area contributed by atoms with Crippen LogP contribution in [-0.2, 0) is 5.54 Å². The Balaban J connectivity index is 0.000000407. The summed E-state index contributed by atoms with van der Waals surface area (Å²) in [5, 5.41) is 0. The summed E-state index contributed by atoms with van der Waals surface area (Å²) in [5.41, 5.74) is 11.1. The lowest BCUT2D eigenvalue weighted by Crippen LogP contribution is -2.36. The number of nitrogens with zero attached hydrogens (tertiary/aromatic N) is 4. The Labute approximate surface area is 210 Å². The molecular weight excluding hydrogens is 430 g/mol. The molecule has 2 heterocycles. The first-order valence-corrected chi connectivity index (χ1v) is 12.2. The van der Waals surface area contributed by atoms with E-state index in [-0.39, 0.29) is 0 Å². The maximum Gasteiger partial charge on any atom is 0.151 e. The highest BCUT2D eigenvalue weighted by Gasteiger charge is 2.27. The number of aromatic nitrogens is 4. The van der Waals surface area contributed by atoms with Crippen LogP contribution in [0.2, 0.25) is 0 Å². The van der Waals surface area contributed by atoms with Crippen LogP contribution in [0.4, 0.5) is 0 Å². The number of hydrogen-bond acceptors (Lipinski definition) is 5. The Kier molecular flexibility index (Phi) is 11.4. The van der Waals surface area contributed by atoms with Gasteiger partial charge in [-0.3, -0.25) is 0 Å². The molecule has 0 saturated carbocycles. The average Bonchev–Trinajstić information content (AvgIpc) is 2.94. The van der Waals surface area contributed by atoms with E-state index in [9.17, 15) is 0 Å². The monoisotopic (exact) mass is 467 g/mol. The molecule has 5 heteroatoms. The Hall–Kier alpha value is -3.70. The van der Waals surface area contributed by atoms with E-state index < -0.39 is 5.54 Å². The molecule has 4 aromatic rings. The fourth-order valence-electron chi connectivity index (χ4n) is 3.37. The van der Waals surface area contributed by atoms with Gasteiger partial charge in [0.1, 0.15) is 6.33 Å². The number of aryl methyl sites for hydroxylation is 1. The highest BCUT2D eigenvalue weighted by molar-refractivity contribution is 5.67. The normalized spacial score (nSPS) is 10.7. The van der Waals surface area contributed by atoms with Gasteiger partial charge in [-0.15, -0.1) is 0 Å². The first kappa shape index (κ1) is 27.5. The zero-order chi connectivity index (χ0) is 25.5. The molecule has 0 aliphatic carbocycles. The summed E-state index contributed by atoms with van der Waals surface area (Å²) in [7, 11) is 0. The number of hydrogen-bond donors (Lipinski definition) is 1. The van der Waals surface area contributed by atoms with Crippen LogP contribution in [0.1, 0.15) is 63.1 Å². The fraction of sp³-hybridized carbons (Fsp3) is 0.267. The van der Waals surface area contributed by atoms with Gasteiger partial charge < -0.3 is 5.73 Å². The Morgan fingerprint density at radius 2 is 1.34 bits per heavy atom. The van der Waals surface area contributed by atoms with Crippen LogP contribution in [0.25, 0.3) is 23.4 Å². The summed E-state index contributed by atoms with van der Waals surface area (Å²) < 4.78 is 0. The molecule has 0 bridgehead atoms. The summed E-state index contributed by atoms with van der Waals surface area (Å²) >= 11 is 0. The third-order valence-corrected chi connectivity index (χ3v) is 5.62. The third-order valence-electron chi connectivity index (χ3n) is 5.62. The maximum absolute atomic E-state index is 6.57. The van der Waals surface area contributed by atoms with E-state index in [2.05, 4.69) is 52.8 Å². The summed E-state index contributed by atoms with van der Waals surface area (Å²) in [6.45, 7) is 10.2. The van der Waals surface area contributed by atoms with Crippen LogP contribution in [0, 0.1) is 6.92 Å². The molecule has 2 aromatic carbocycles. The van der Waals surface area contributed by atoms with Crippen molar-refractivity contribution in [1.82, 2.24) is 19.9 Å². The van der Waals surface area contributed by atoms with Crippen molar-refractivity contribution in [3.8, 4) is 11.3 Å². The van der Waals surface area contributed by atoms with Crippen molar-refractivity contribution in [2.75, 3.05) is 0 Å². The molecule has 0 amide bonds.